The third kappa shape index (κ3) is 1.55. The van der Waals surface area contributed by atoms with Crippen molar-refractivity contribution in [2.75, 3.05) is 0 Å². The molecule has 0 radical (unpaired) electrons. The van der Waals surface area contributed by atoms with Crippen LogP contribution in [0.2, 0.25) is 0 Å². The molecule has 0 bridgehead atoms. The molecule has 0 N–H and O–H groups in total. The van der Waals surface area contributed by atoms with Crippen LogP contribution >= 0.6 is 0 Å². The van der Waals surface area contributed by atoms with Crippen molar-refractivity contribution >= 4 is 12.4 Å². The van der Waals surface area contributed by atoms with E-state index in [1.54, 1.807) is 0 Å². The van der Waals surface area contributed by atoms with Gasteiger partial charge in [-0.3, -0.25) is 4.99 Å². The Morgan fingerprint density at radius 1 is 1.36 bits per heavy atom. The lowest BCUT2D eigenvalue weighted by atomic mass is 10.1. The molecule has 0 aromatic heterocycles. The lowest BCUT2D eigenvalue weighted by Gasteiger charge is -2.02. The van der Waals surface area contributed by atoms with Crippen LogP contribution in [0.3, 0.4) is 0 Å². The summed E-state index contributed by atoms with van der Waals surface area (Å²) in [6, 6.07) is 7.99. The second-order valence-corrected chi connectivity index (χ2v) is 2.42. The molecule has 1 heteroatoms. The molecule has 1 aromatic rings. The summed E-state index contributed by atoms with van der Waals surface area (Å²) in [5.74, 6) is 0. The number of benzene rings is 1. The van der Waals surface area contributed by atoms with Gasteiger partial charge in [0.25, 0.3) is 0 Å². The molecule has 0 saturated carbocycles. The number of nitrogens with zero attached hydrogens (tertiary/aromatic N) is 1. The molecule has 0 aliphatic rings. The minimum atomic E-state index is 0.739. The minimum absolute atomic E-state index is 0.739. The number of rotatable bonds is 2. The van der Waals surface area contributed by atoms with Gasteiger partial charge >= 0.3 is 0 Å². The molecule has 1 rings (SSSR count). The lowest BCUT2D eigenvalue weighted by molar-refractivity contribution is 1.40. The third-order valence-electron chi connectivity index (χ3n) is 1.65. The largest absolute Gasteiger partial charge is 0.265 e. The maximum absolute atomic E-state index is 3.78. The van der Waals surface area contributed by atoms with Crippen molar-refractivity contribution in [3.63, 3.8) is 0 Å². The molecule has 56 valence electrons. The predicted molar refractivity (Wildman–Crippen MR) is 49.8 cm³/mol. The Morgan fingerprint density at radius 2 is 2.00 bits per heavy atom. The van der Waals surface area contributed by atoms with Crippen LogP contribution in [0.1, 0.15) is 11.1 Å². The van der Waals surface area contributed by atoms with E-state index in [4.69, 9.17) is 0 Å². The molecular weight excluding hydrogens is 134 g/mol. The van der Waals surface area contributed by atoms with Crippen molar-refractivity contribution < 1.29 is 0 Å². The highest BCUT2D eigenvalue weighted by molar-refractivity contribution is 5.68. The average Bonchev–Trinajstić information content (AvgIpc) is 2.04. The van der Waals surface area contributed by atoms with Gasteiger partial charge < -0.3 is 0 Å². The third-order valence-corrected chi connectivity index (χ3v) is 1.65. The Labute approximate surface area is 67.1 Å². The standard InChI is InChI=1S/C10H11N/c1-8-6-4-5-7-10(8)9(2)11-3/h4-7H,2-3H2,1H3. The molecule has 0 saturated heterocycles. The SMILES string of the molecule is C=NC(=C)c1ccccc1C. The molecule has 1 aromatic carbocycles. The predicted octanol–water partition coefficient (Wildman–Crippen LogP) is 2.67. The van der Waals surface area contributed by atoms with Crippen molar-refractivity contribution in [3.05, 3.63) is 42.0 Å². The van der Waals surface area contributed by atoms with Crippen molar-refractivity contribution in [3.8, 4) is 0 Å². The Morgan fingerprint density at radius 3 is 2.55 bits per heavy atom. The number of hydrogen-bond donors (Lipinski definition) is 0. The van der Waals surface area contributed by atoms with Gasteiger partial charge in [-0.15, -0.1) is 0 Å². The van der Waals surface area contributed by atoms with E-state index in [-0.39, 0.29) is 0 Å². The van der Waals surface area contributed by atoms with E-state index in [0.717, 1.165) is 11.3 Å². The van der Waals surface area contributed by atoms with E-state index in [2.05, 4.69) is 18.3 Å². The van der Waals surface area contributed by atoms with E-state index in [1.807, 2.05) is 31.2 Å². The molecule has 0 spiro atoms. The molecule has 11 heavy (non-hydrogen) atoms. The smallest absolute Gasteiger partial charge is 0.0625 e. The molecule has 0 aliphatic heterocycles. The first-order valence-corrected chi connectivity index (χ1v) is 3.47. The maximum Gasteiger partial charge on any atom is 0.0625 e. The van der Waals surface area contributed by atoms with Gasteiger partial charge in [0.15, 0.2) is 0 Å². The maximum atomic E-state index is 3.78. The lowest BCUT2D eigenvalue weighted by Crippen LogP contribution is -1.83. The Kier molecular flexibility index (Phi) is 2.21. The van der Waals surface area contributed by atoms with E-state index in [0.29, 0.717) is 0 Å². The first kappa shape index (κ1) is 7.73. The zero-order valence-corrected chi connectivity index (χ0v) is 6.67. The van der Waals surface area contributed by atoms with Crippen molar-refractivity contribution in [2.45, 2.75) is 6.92 Å². The average molecular weight is 145 g/mol. The number of hydrogen-bond acceptors (Lipinski definition) is 1. The van der Waals surface area contributed by atoms with Gasteiger partial charge in [-0.2, -0.15) is 0 Å². The summed E-state index contributed by atoms with van der Waals surface area (Å²) in [7, 11) is 0. The second kappa shape index (κ2) is 3.15. The van der Waals surface area contributed by atoms with Crippen LogP contribution in [-0.2, 0) is 0 Å². The summed E-state index contributed by atoms with van der Waals surface area (Å²) in [4.78, 5) is 3.78. The summed E-state index contributed by atoms with van der Waals surface area (Å²) in [5.41, 5.74) is 3.00. The van der Waals surface area contributed by atoms with Crippen LogP contribution in [0.25, 0.3) is 5.70 Å². The quantitative estimate of drug-likeness (QED) is 0.567. The zero-order chi connectivity index (χ0) is 8.27. The number of aryl methyl sites for hydroxylation is 1. The second-order valence-electron chi connectivity index (χ2n) is 2.42. The van der Waals surface area contributed by atoms with Crippen LogP contribution in [0.5, 0.6) is 0 Å². The van der Waals surface area contributed by atoms with Crippen LogP contribution in [0.15, 0.2) is 35.8 Å². The van der Waals surface area contributed by atoms with Crippen LogP contribution < -0.4 is 0 Å². The monoisotopic (exact) mass is 145 g/mol. The fraction of sp³-hybridized carbons (Fsp3) is 0.100. The molecule has 0 heterocycles. The molecule has 0 atom stereocenters. The summed E-state index contributed by atoms with van der Waals surface area (Å²) < 4.78 is 0. The van der Waals surface area contributed by atoms with Crippen LogP contribution in [0, 0.1) is 6.92 Å². The van der Waals surface area contributed by atoms with Gasteiger partial charge in [0.05, 0.1) is 5.70 Å². The van der Waals surface area contributed by atoms with E-state index >= 15 is 0 Å². The summed E-state index contributed by atoms with van der Waals surface area (Å²) in [6.45, 7) is 9.24. The van der Waals surface area contributed by atoms with E-state index < -0.39 is 0 Å². The fourth-order valence-electron chi connectivity index (χ4n) is 0.982. The van der Waals surface area contributed by atoms with E-state index in [1.165, 1.54) is 5.56 Å². The summed E-state index contributed by atoms with van der Waals surface area (Å²) in [6.07, 6.45) is 0. The highest BCUT2D eigenvalue weighted by Gasteiger charge is 1.97. The summed E-state index contributed by atoms with van der Waals surface area (Å²) in [5, 5.41) is 0. The Hall–Kier alpha value is -1.37. The van der Waals surface area contributed by atoms with Crippen LogP contribution in [0.4, 0.5) is 0 Å². The number of aliphatic imine (C=N–C) groups is 1. The van der Waals surface area contributed by atoms with Gasteiger partial charge in [0.2, 0.25) is 0 Å². The molecule has 0 fully saturated rings. The zero-order valence-electron chi connectivity index (χ0n) is 6.67. The van der Waals surface area contributed by atoms with Gasteiger partial charge in [-0.25, -0.2) is 0 Å². The molecule has 1 nitrogen and oxygen atoms in total. The summed E-state index contributed by atoms with van der Waals surface area (Å²) >= 11 is 0. The molecule has 0 amide bonds. The van der Waals surface area contributed by atoms with Gasteiger partial charge in [-0.05, 0) is 19.2 Å². The van der Waals surface area contributed by atoms with Gasteiger partial charge in [0.1, 0.15) is 0 Å². The minimum Gasteiger partial charge on any atom is -0.265 e. The van der Waals surface area contributed by atoms with Crippen LogP contribution in [-0.4, -0.2) is 6.72 Å². The van der Waals surface area contributed by atoms with Gasteiger partial charge in [0, 0.05) is 5.56 Å². The first-order valence-electron chi connectivity index (χ1n) is 3.47. The van der Waals surface area contributed by atoms with E-state index in [9.17, 15) is 0 Å². The Balaban J connectivity index is 3.13. The molecule has 0 aliphatic carbocycles. The first-order chi connectivity index (χ1) is 5.25. The highest BCUT2D eigenvalue weighted by atomic mass is 14.7. The topological polar surface area (TPSA) is 12.4 Å². The highest BCUT2D eigenvalue weighted by Crippen LogP contribution is 2.16. The van der Waals surface area contributed by atoms with Crippen molar-refractivity contribution in [1.82, 2.24) is 0 Å². The normalized spacial score (nSPS) is 9.18. The van der Waals surface area contributed by atoms with Gasteiger partial charge in [-0.1, -0.05) is 30.8 Å². The van der Waals surface area contributed by atoms with Crippen molar-refractivity contribution in [2.24, 2.45) is 4.99 Å². The Bertz CT molecular complexity index is 287. The molecule has 0 unspecified atom stereocenters. The fourth-order valence-corrected chi connectivity index (χ4v) is 0.982. The van der Waals surface area contributed by atoms with Crippen molar-refractivity contribution in [1.29, 1.82) is 0 Å². The molecular formula is C10H11N.